The Kier molecular flexibility index (Phi) is 7.55. The maximum atomic E-state index is 14.4. The van der Waals surface area contributed by atoms with Crippen molar-refractivity contribution in [3.05, 3.63) is 137 Å². The number of thiophene rings is 3. The molecule has 0 atom stereocenters. The molecule has 4 aliphatic carbocycles. The highest BCUT2D eigenvalue weighted by Crippen LogP contribution is 2.65. The van der Waals surface area contributed by atoms with Gasteiger partial charge in [0, 0.05) is 47.6 Å². The summed E-state index contributed by atoms with van der Waals surface area (Å²) in [5.74, 6) is -6.39. The lowest BCUT2D eigenvalue weighted by atomic mass is 9.75. The zero-order valence-electron chi connectivity index (χ0n) is 29.7. The Balaban J connectivity index is 1.13. The molecule has 0 saturated heterocycles. The zero-order valence-corrected chi connectivity index (χ0v) is 32.1. The van der Waals surface area contributed by atoms with Crippen molar-refractivity contribution < 1.29 is 27.2 Å². The van der Waals surface area contributed by atoms with Gasteiger partial charge < -0.3 is 0 Å². The number of hydrogen-bond acceptors (Lipinski definition) is 9. The first kappa shape index (κ1) is 36.0. The lowest BCUT2D eigenvalue weighted by Crippen LogP contribution is -2.24. The number of fused-ring (bicyclic) bond motifs is 9. The second kappa shape index (κ2) is 11.9. The second-order valence-corrected chi connectivity index (χ2v) is 17.6. The number of hydrogen-bond donors (Lipinski definition) is 0. The number of benzene rings is 2. The molecule has 0 amide bonds. The highest BCUT2D eigenvalue weighted by atomic mass is 32.1. The van der Waals surface area contributed by atoms with Gasteiger partial charge in [0.2, 0.25) is 11.6 Å². The van der Waals surface area contributed by atoms with E-state index in [4.69, 9.17) is 18.1 Å². The second-order valence-electron chi connectivity index (χ2n) is 14.5. The Morgan fingerprint density at radius 2 is 1.16 bits per heavy atom. The van der Waals surface area contributed by atoms with E-state index in [9.17, 15) is 37.7 Å². The van der Waals surface area contributed by atoms with Gasteiger partial charge in [0.25, 0.3) is 11.4 Å². The number of ketones is 2. The van der Waals surface area contributed by atoms with Crippen LogP contribution in [0.15, 0.2) is 57.4 Å². The van der Waals surface area contributed by atoms with E-state index < -0.39 is 57.1 Å². The Bertz CT molecular complexity index is 3180. The van der Waals surface area contributed by atoms with Gasteiger partial charge in [-0.25, -0.2) is 47.8 Å². The smallest absolute Gasteiger partial charge is 0.271 e. The lowest BCUT2D eigenvalue weighted by Gasteiger charge is -2.29. The molecular weight excluding hydrogens is 793 g/mol. The van der Waals surface area contributed by atoms with Crippen LogP contribution >= 0.6 is 34.0 Å². The number of Topliss-reactive ketones (excluding diaryl/α,β-unsaturated/α-hetero) is 2. The fraction of sp³-hybridized carbons (Fsp3) is 0.143. The van der Waals surface area contributed by atoms with Gasteiger partial charge in [0.15, 0.2) is 23.3 Å². The predicted octanol–water partition coefficient (Wildman–Crippen LogP) is 11.1. The first-order valence-corrected chi connectivity index (χ1v) is 19.3. The highest BCUT2D eigenvalue weighted by Gasteiger charge is 2.49. The van der Waals surface area contributed by atoms with Gasteiger partial charge in [-0.2, -0.15) is 0 Å². The normalized spacial score (nSPS) is 19.8. The first-order valence-electron chi connectivity index (χ1n) is 16.8. The van der Waals surface area contributed by atoms with E-state index in [0.717, 1.165) is 65.0 Å². The molecule has 5 aromatic rings. The Morgan fingerprint density at radius 1 is 0.667 bits per heavy atom. The topological polar surface area (TPSA) is 115 Å². The molecule has 2 aromatic carbocycles. The van der Waals surface area contributed by atoms with E-state index >= 15 is 0 Å². The van der Waals surface area contributed by atoms with Gasteiger partial charge in [-0.15, -0.1) is 34.0 Å². The molecule has 3 heterocycles. The summed E-state index contributed by atoms with van der Waals surface area (Å²) in [5, 5.41) is 19.9. The number of nitrogens with zero attached hydrogens (tertiary/aromatic N) is 6. The molecule has 0 radical (unpaired) electrons. The van der Waals surface area contributed by atoms with E-state index in [0.29, 0.717) is 10.7 Å². The average Bonchev–Trinajstić information content (AvgIpc) is 4.00. The fourth-order valence-corrected chi connectivity index (χ4v) is 12.7. The molecule has 0 N–H and O–H groups in total. The number of allylic oxidation sites excluding steroid dienone is 5. The van der Waals surface area contributed by atoms with Crippen molar-refractivity contribution in [3.63, 3.8) is 0 Å². The number of rotatable bonds is 2. The van der Waals surface area contributed by atoms with Crippen LogP contribution in [-0.4, -0.2) is 23.0 Å². The molecule has 274 valence electrons. The third-order valence-electron chi connectivity index (χ3n) is 10.7. The van der Waals surface area contributed by atoms with Crippen LogP contribution in [0.3, 0.4) is 0 Å². The maximum Gasteiger partial charge on any atom is 0.271 e. The number of nitriles is 2. The Hall–Kier alpha value is -6.62. The van der Waals surface area contributed by atoms with Crippen LogP contribution in [0.2, 0.25) is 0 Å². The standard InChI is InChI=1S/C42H18F4N6O2S3/c1-41(2)27(51-34-29(23(13-47)49-5)15-7-19(43)21(45)9-17(15)36(34)53)11-25-31(41)32-39(55-25)40-33(42(32,3)4)38-26(56-40)12-28(57-38)52-35-30(24(14-48)50-6)16-8-20(44)22(46)10-18(16)37(35)54/h7-12H,1-4H3/b29-23+,30-24?,51-34?,52-35?. The number of aliphatic imine (C=N–C) groups is 2. The number of halogens is 4. The molecule has 0 fully saturated rings. The van der Waals surface area contributed by atoms with Crippen LogP contribution in [0.4, 0.5) is 22.6 Å². The summed E-state index contributed by atoms with van der Waals surface area (Å²) in [5.41, 5.74) is -0.0872. The van der Waals surface area contributed by atoms with Gasteiger partial charge >= 0.3 is 0 Å². The minimum absolute atomic E-state index is 0.0685. The first-order chi connectivity index (χ1) is 27.1. The molecule has 4 aliphatic rings. The number of carbonyl (C=O) groups is 2. The average molecular weight is 811 g/mol. The maximum absolute atomic E-state index is 14.4. The molecule has 0 aliphatic heterocycles. The summed E-state index contributed by atoms with van der Waals surface area (Å²) >= 11 is 4.41. The summed E-state index contributed by atoms with van der Waals surface area (Å²) in [6.07, 6.45) is 1.86. The summed E-state index contributed by atoms with van der Waals surface area (Å²) < 4.78 is 59.0. The van der Waals surface area contributed by atoms with Crippen molar-refractivity contribution in [3.8, 4) is 21.9 Å². The molecule has 0 unspecified atom stereocenters. The van der Waals surface area contributed by atoms with Gasteiger partial charge in [0.1, 0.15) is 16.4 Å². The molecule has 3 aromatic heterocycles. The van der Waals surface area contributed by atoms with Gasteiger partial charge in [-0.05, 0) is 64.2 Å². The van der Waals surface area contributed by atoms with E-state index in [1.54, 1.807) is 34.8 Å². The van der Waals surface area contributed by atoms with Crippen molar-refractivity contribution in [2.75, 3.05) is 0 Å². The Labute approximate surface area is 332 Å². The van der Waals surface area contributed by atoms with E-state index in [1.807, 2.05) is 26.0 Å². The third-order valence-corrected chi connectivity index (χ3v) is 14.3. The van der Waals surface area contributed by atoms with Crippen LogP contribution < -0.4 is 0 Å². The lowest BCUT2D eigenvalue weighted by molar-refractivity contribution is 0.106. The van der Waals surface area contributed by atoms with E-state index in [2.05, 4.69) is 28.5 Å². The molecule has 15 heteroatoms. The molecule has 0 saturated carbocycles. The molecule has 8 nitrogen and oxygen atoms in total. The quantitative estimate of drug-likeness (QED) is 0.100. The predicted molar refractivity (Wildman–Crippen MR) is 210 cm³/mol. The fourth-order valence-electron chi connectivity index (χ4n) is 8.13. The van der Waals surface area contributed by atoms with Crippen LogP contribution in [0.5, 0.6) is 0 Å². The van der Waals surface area contributed by atoms with Crippen LogP contribution in [0.1, 0.15) is 81.1 Å². The van der Waals surface area contributed by atoms with E-state index in [-0.39, 0.29) is 44.8 Å². The minimum atomic E-state index is -1.24. The van der Waals surface area contributed by atoms with Gasteiger partial charge in [-0.3, -0.25) is 9.59 Å². The summed E-state index contributed by atoms with van der Waals surface area (Å²) in [4.78, 5) is 46.0. The van der Waals surface area contributed by atoms with Crippen molar-refractivity contribution in [1.82, 2.24) is 0 Å². The summed E-state index contributed by atoms with van der Waals surface area (Å²) in [7, 11) is 0. The molecule has 9 rings (SSSR count). The highest BCUT2D eigenvalue weighted by molar-refractivity contribution is 7.33. The third kappa shape index (κ3) is 4.71. The van der Waals surface area contributed by atoms with E-state index in [1.165, 1.54) is 11.3 Å². The largest absolute Gasteiger partial charge is 0.287 e. The summed E-state index contributed by atoms with van der Waals surface area (Å²) in [6.45, 7) is 23.2. The summed E-state index contributed by atoms with van der Waals surface area (Å²) in [6, 6.07) is 8.45. The Morgan fingerprint density at radius 3 is 1.67 bits per heavy atom. The van der Waals surface area contributed by atoms with Crippen LogP contribution in [0.25, 0.3) is 46.1 Å². The SMILES string of the molecule is [C-]#[N+]C(C#N)=C1C(=Nc2cc3sc4c(c3s2)C(C)(C)c2c-4sc3c2C(C)(C)C(N=C2C(=O)c4cc(F)c(F)cc4/C2=C(/C#N)[N+]#[C-])=C3)C(=O)c2cc(F)c(F)cc21. The monoisotopic (exact) mass is 810 g/mol. The van der Waals surface area contributed by atoms with Crippen molar-refractivity contribution in [2.45, 2.75) is 38.5 Å². The molecule has 0 spiro atoms. The van der Waals surface area contributed by atoms with Crippen LogP contribution in [-0.2, 0) is 10.8 Å². The van der Waals surface area contributed by atoms with Gasteiger partial charge in [0.05, 0.1) is 40.6 Å². The molecule has 0 bridgehead atoms. The molecule has 57 heavy (non-hydrogen) atoms. The van der Waals surface area contributed by atoms with Crippen molar-refractivity contribution >= 4 is 88.6 Å². The minimum Gasteiger partial charge on any atom is -0.287 e. The number of carbonyl (C=O) groups excluding carboxylic acids is 2. The van der Waals surface area contributed by atoms with Gasteiger partial charge in [-0.1, -0.05) is 27.7 Å². The van der Waals surface area contributed by atoms with Crippen molar-refractivity contribution in [2.24, 2.45) is 9.98 Å². The van der Waals surface area contributed by atoms with Crippen LogP contribution in [0, 0.1) is 59.1 Å². The molecular formula is C42H18F4N6O2S3. The van der Waals surface area contributed by atoms with Crippen molar-refractivity contribution in [1.29, 1.82) is 10.5 Å². The zero-order chi connectivity index (χ0) is 40.6.